The molecule has 0 aliphatic carbocycles. The van der Waals surface area contributed by atoms with Crippen molar-refractivity contribution in [1.82, 2.24) is 15.2 Å². The topological polar surface area (TPSA) is 41.3 Å². The van der Waals surface area contributed by atoms with Crippen LogP contribution in [0.15, 0.2) is 59.1 Å². The van der Waals surface area contributed by atoms with E-state index in [-0.39, 0.29) is 12.1 Å². The number of furan rings is 1. The fourth-order valence-corrected chi connectivity index (χ4v) is 4.46. The lowest BCUT2D eigenvalue weighted by molar-refractivity contribution is 0.271. The van der Waals surface area contributed by atoms with Crippen molar-refractivity contribution in [3.8, 4) is 11.3 Å². The second-order valence-electron chi connectivity index (χ2n) is 7.00. The first-order valence-electron chi connectivity index (χ1n) is 9.61. The molecule has 7 heteroatoms. The summed E-state index contributed by atoms with van der Waals surface area (Å²) < 4.78 is 6.29. The summed E-state index contributed by atoms with van der Waals surface area (Å²) in [4.78, 5) is 6.75. The van der Waals surface area contributed by atoms with Gasteiger partial charge in [0.15, 0.2) is 5.11 Å². The van der Waals surface area contributed by atoms with Gasteiger partial charge in [0.25, 0.3) is 0 Å². The summed E-state index contributed by atoms with van der Waals surface area (Å²) in [6.45, 7) is 3.03. The predicted octanol–water partition coefficient (Wildman–Crippen LogP) is 6.42. The summed E-state index contributed by atoms with van der Waals surface area (Å²) in [6, 6.07) is 15.1. The molecule has 3 aromatic rings. The highest BCUT2D eigenvalue weighted by molar-refractivity contribution is 7.80. The molecule has 2 atom stereocenters. The van der Waals surface area contributed by atoms with Crippen LogP contribution in [-0.4, -0.2) is 21.5 Å². The summed E-state index contributed by atoms with van der Waals surface area (Å²) in [7, 11) is 0. The normalized spacial score (nSPS) is 18.9. The number of rotatable bonds is 6. The molecule has 1 saturated heterocycles. The maximum Gasteiger partial charge on any atom is 0.170 e. The van der Waals surface area contributed by atoms with Gasteiger partial charge >= 0.3 is 0 Å². The smallest absolute Gasteiger partial charge is 0.170 e. The molecule has 0 spiro atoms. The SMILES string of the molecule is CCCCN1C(=S)N[C@@H](c2ccccn2)[C@@H]1c1ccc(-c2ccc(Cl)cc2Cl)o1. The van der Waals surface area contributed by atoms with Gasteiger partial charge in [0.1, 0.15) is 17.6 Å². The van der Waals surface area contributed by atoms with Crippen molar-refractivity contribution in [2.75, 3.05) is 6.54 Å². The molecule has 0 saturated carbocycles. The van der Waals surface area contributed by atoms with E-state index < -0.39 is 0 Å². The van der Waals surface area contributed by atoms with E-state index in [9.17, 15) is 0 Å². The van der Waals surface area contributed by atoms with Crippen LogP contribution in [0, 0.1) is 0 Å². The van der Waals surface area contributed by atoms with E-state index in [1.54, 1.807) is 12.3 Å². The summed E-state index contributed by atoms with van der Waals surface area (Å²) in [5.41, 5.74) is 1.74. The molecule has 0 bridgehead atoms. The maximum absolute atomic E-state index is 6.38. The van der Waals surface area contributed by atoms with Gasteiger partial charge in [-0.2, -0.15) is 0 Å². The van der Waals surface area contributed by atoms with E-state index in [0.717, 1.165) is 41.5 Å². The van der Waals surface area contributed by atoms with E-state index in [0.29, 0.717) is 15.8 Å². The Morgan fingerprint density at radius 2 is 2.03 bits per heavy atom. The fourth-order valence-electron chi connectivity index (χ4n) is 3.63. The van der Waals surface area contributed by atoms with E-state index in [1.165, 1.54) is 0 Å². The summed E-state index contributed by atoms with van der Waals surface area (Å²) in [5, 5.41) is 5.31. The van der Waals surface area contributed by atoms with Gasteiger partial charge in [-0.1, -0.05) is 42.6 Å². The fraction of sp³-hybridized carbons (Fsp3) is 0.273. The first-order valence-corrected chi connectivity index (χ1v) is 10.8. The van der Waals surface area contributed by atoms with Gasteiger partial charge < -0.3 is 14.6 Å². The number of aromatic nitrogens is 1. The van der Waals surface area contributed by atoms with Crippen LogP contribution < -0.4 is 5.32 Å². The van der Waals surface area contributed by atoms with Crippen LogP contribution in [0.2, 0.25) is 10.0 Å². The third kappa shape index (κ3) is 4.13. The van der Waals surface area contributed by atoms with Crippen LogP contribution in [0.25, 0.3) is 11.3 Å². The van der Waals surface area contributed by atoms with Crippen molar-refractivity contribution >= 4 is 40.5 Å². The molecule has 1 fully saturated rings. The van der Waals surface area contributed by atoms with Crippen molar-refractivity contribution in [2.24, 2.45) is 0 Å². The summed E-state index contributed by atoms with van der Waals surface area (Å²) in [6.07, 6.45) is 3.93. The maximum atomic E-state index is 6.38. The average molecular weight is 446 g/mol. The van der Waals surface area contributed by atoms with Crippen molar-refractivity contribution in [1.29, 1.82) is 0 Å². The van der Waals surface area contributed by atoms with Crippen LogP contribution >= 0.6 is 35.4 Å². The van der Waals surface area contributed by atoms with Crippen molar-refractivity contribution in [3.05, 3.63) is 76.2 Å². The zero-order chi connectivity index (χ0) is 20.4. The molecular weight excluding hydrogens is 425 g/mol. The number of unbranched alkanes of at least 4 members (excludes halogenated alkanes) is 1. The molecule has 4 nitrogen and oxygen atoms in total. The number of hydrogen-bond acceptors (Lipinski definition) is 3. The van der Waals surface area contributed by atoms with Crippen molar-refractivity contribution < 1.29 is 4.42 Å². The average Bonchev–Trinajstić information content (AvgIpc) is 3.31. The number of nitrogens with one attached hydrogen (secondary N) is 1. The van der Waals surface area contributed by atoms with Crippen LogP contribution in [0.5, 0.6) is 0 Å². The second-order valence-corrected chi connectivity index (χ2v) is 8.23. The summed E-state index contributed by atoms with van der Waals surface area (Å²) >= 11 is 18.1. The van der Waals surface area contributed by atoms with E-state index in [1.807, 2.05) is 42.5 Å². The lowest BCUT2D eigenvalue weighted by Crippen LogP contribution is -2.30. The van der Waals surface area contributed by atoms with Crippen LogP contribution in [0.4, 0.5) is 0 Å². The van der Waals surface area contributed by atoms with Crippen LogP contribution in [0.1, 0.15) is 43.3 Å². The number of halogens is 2. The standard InChI is InChI=1S/C22H21Cl2N3OS/c1-2-3-12-27-21(20(26-22(27)29)17-6-4-5-11-25-17)19-10-9-18(28-19)15-8-7-14(23)13-16(15)24/h4-11,13,20-21H,2-3,12H2,1H3,(H,26,29)/t20-,21-/m0/s1. The molecule has 1 aliphatic heterocycles. The monoisotopic (exact) mass is 445 g/mol. The Bertz CT molecular complexity index is 1010. The van der Waals surface area contributed by atoms with Crippen molar-refractivity contribution in [2.45, 2.75) is 31.8 Å². The molecule has 29 heavy (non-hydrogen) atoms. The molecule has 1 aromatic carbocycles. The third-order valence-corrected chi connectivity index (χ3v) is 5.97. The molecule has 4 rings (SSSR count). The van der Waals surface area contributed by atoms with Gasteiger partial charge in [-0.25, -0.2) is 0 Å². The van der Waals surface area contributed by atoms with E-state index in [4.69, 9.17) is 39.8 Å². The predicted molar refractivity (Wildman–Crippen MR) is 121 cm³/mol. The van der Waals surface area contributed by atoms with Crippen molar-refractivity contribution in [3.63, 3.8) is 0 Å². The molecule has 2 aromatic heterocycles. The second kappa shape index (κ2) is 8.74. The molecule has 150 valence electrons. The Morgan fingerprint density at radius 3 is 2.76 bits per heavy atom. The number of nitrogens with zero attached hydrogens (tertiary/aromatic N) is 2. The minimum Gasteiger partial charge on any atom is -0.459 e. The van der Waals surface area contributed by atoms with Gasteiger partial charge in [0.2, 0.25) is 0 Å². The Hall–Kier alpha value is -2.08. The quantitative estimate of drug-likeness (QED) is 0.443. The Kier molecular flexibility index (Phi) is 6.09. The molecule has 0 amide bonds. The lowest BCUT2D eigenvalue weighted by Gasteiger charge is -2.25. The van der Waals surface area contributed by atoms with Gasteiger partial charge in [0.05, 0.1) is 16.8 Å². The van der Waals surface area contributed by atoms with E-state index in [2.05, 4.69) is 22.1 Å². The Labute approximate surface area is 185 Å². The summed E-state index contributed by atoms with van der Waals surface area (Å²) in [5.74, 6) is 1.53. The van der Waals surface area contributed by atoms with Gasteiger partial charge in [-0.15, -0.1) is 0 Å². The molecule has 1 aliphatic rings. The number of hydrogen-bond donors (Lipinski definition) is 1. The molecule has 3 heterocycles. The lowest BCUT2D eigenvalue weighted by atomic mass is 10.0. The minimum absolute atomic E-state index is 0.0798. The Balaban J connectivity index is 1.72. The first-order chi connectivity index (χ1) is 14.1. The highest BCUT2D eigenvalue weighted by atomic mass is 35.5. The largest absolute Gasteiger partial charge is 0.459 e. The van der Waals surface area contributed by atoms with Crippen LogP contribution in [0.3, 0.4) is 0 Å². The van der Waals surface area contributed by atoms with Crippen LogP contribution in [-0.2, 0) is 0 Å². The van der Waals surface area contributed by atoms with Gasteiger partial charge in [-0.3, -0.25) is 4.98 Å². The molecule has 0 radical (unpaired) electrons. The number of benzene rings is 1. The zero-order valence-corrected chi connectivity index (χ0v) is 18.3. The third-order valence-electron chi connectivity index (χ3n) is 5.07. The molecule has 1 N–H and O–H groups in total. The molecular formula is C22H21Cl2N3OS. The Morgan fingerprint density at radius 1 is 1.17 bits per heavy atom. The van der Waals surface area contributed by atoms with E-state index >= 15 is 0 Å². The van der Waals surface area contributed by atoms with Gasteiger partial charge in [-0.05, 0) is 61.1 Å². The highest BCUT2D eigenvalue weighted by Gasteiger charge is 2.41. The molecule has 0 unspecified atom stereocenters. The first kappa shape index (κ1) is 20.2. The number of pyridine rings is 1. The number of thiocarbonyl (C=S) groups is 1. The van der Waals surface area contributed by atoms with Gasteiger partial charge in [0, 0.05) is 23.3 Å². The minimum atomic E-state index is -0.0831. The highest BCUT2D eigenvalue weighted by Crippen LogP contribution is 2.41. The zero-order valence-electron chi connectivity index (χ0n) is 15.9.